The van der Waals surface area contributed by atoms with Gasteiger partial charge in [0.05, 0.1) is 0 Å². The third-order valence-electron chi connectivity index (χ3n) is 6.88. The number of rotatable bonds is 6. The standard InChI is InChI=1S/C33H28N2O/c1-23-15-17-24(18-16-23)32-28-12-6-8-14-31(28)36-33(25-9-3-2-4-10-25)29(32)22-34-20-19-26-21-35-30-13-7-5-11-27(26)30/h2-18,21-22,32,35H,19-20H2,1H3/t32-/m1/s1. The van der Waals surface area contributed by atoms with Crippen molar-refractivity contribution >= 4 is 22.9 Å². The Morgan fingerprint density at radius 3 is 2.44 bits per heavy atom. The van der Waals surface area contributed by atoms with Gasteiger partial charge in [-0.25, -0.2) is 0 Å². The average Bonchev–Trinajstić information content (AvgIpc) is 3.34. The summed E-state index contributed by atoms with van der Waals surface area (Å²) in [6, 6.07) is 35.9. The molecule has 0 unspecified atom stereocenters. The second-order valence-corrected chi connectivity index (χ2v) is 9.28. The van der Waals surface area contributed by atoms with Gasteiger partial charge in [-0.15, -0.1) is 0 Å². The first kappa shape index (κ1) is 22.1. The molecule has 0 bridgehead atoms. The number of ether oxygens (including phenoxy) is 1. The van der Waals surface area contributed by atoms with Gasteiger partial charge in [-0.2, -0.15) is 0 Å². The molecule has 0 spiro atoms. The van der Waals surface area contributed by atoms with Crippen molar-refractivity contribution < 1.29 is 4.74 Å². The maximum atomic E-state index is 6.55. The van der Waals surface area contributed by atoms with Crippen LogP contribution in [0.5, 0.6) is 5.75 Å². The van der Waals surface area contributed by atoms with Crippen molar-refractivity contribution in [1.82, 2.24) is 4.98 Å². The van der Waals surface area contributed by atoms with Crippen molar-refractivity contribution in [3.8, 4) is 5.75 Å². The van der Waals surface area contributed by atoms with Crippen LogP contribution in [0.25, 0.3) is 16.7 Å². The summed E-state index contributed by atoms with van der Waals surface area (Å²) in [6.45, 7) is 2.83. The number of nitrogens with one attached hydrogen (secondary N) is 1. The van der Waals surface area contributed by atoms with E-state index < -0.39 is 0 Å². The lowest BCUT2D eigenvalue weighted by Crippen LogP contribution is -2.17. The van der Waals surface area contributed by atoms with E-state index in [9.17, 15) is 0 Å². The van der Waals surface area contributed by atoms with Crippen molar-refractivity contribution in [2.45, 2.75) is 19.3 Å². The zero-order chi connectivity index (χ0) is 24.3. The van der Waals surface area contributed by atoms with E-state index in [-0.39, 0.29) is 5.92 Å². The zero-order valence-corrected chi connectivity index (χ0v) is 20.3. The van der Waals surface area contributed by atoms with Gasteiger partial charge in [0.1, 0.15) is 11.5 Å². The normalized spacial score (nSPS) is 15.3. The van der Waals surface area contributed by atoms with Crippen LogP contribution in [-0.4, -0.2) is 17.7 Å². The topological polar surface area (TPSA) is 37.4 Å². The molecule has 0 fully saturated rings. The number of hydrogen-bond acceptors (Lipinski definition) is 2. The van der Waals surface area contributed by atoms with Gasteiger partial charge in [-0.3, -0.25) is 4.99 Å². The maximum Gasteiger partial charge on any atom is 0.140 e. The first-order chi connectivity index (χ1) is 17.8. The molecule has 1 aliphatic rings. The van der Waals surface area contributed by atoms with Crippen molar-refractivity contribution in [1.29, 1.82) is 0 Å². The van der Waals surface area contributed by atoms with Crippen LogP contribution in [0.4, 0.5) is 0 Å². The number of nitrogens with zero attached hydrogens (tertiary/aromatic N) is 1. The molecule has 6 rings (SSSR count). The van der Waals surface area contributed by atoms with E-state index in [1.54, 1.807) is 0 Å². The molecule has 176 valence electrons. The fraction of sp³-hybridized carbons (Fsp3) is 0.121. The third kappa shape index (κ3) is 4.25. The van der Waals surface area contributed by atoms with Crippen LogP contribution >= 0.6 is 0 Å². The second kappa shape index (κ2) is 9.71. The Bertz CT molecular complexity index is 1560. The fourth-order valence-corrected chi connectivity index (χ4v) is 5.03. The van der Waals surface area contributed by atoms with Crippen LogP contribution in [-0.2, 0) is 6.42 Å². The Labute approximate surface area is 211 Å². The molecule has 1 N–H and O–H groups in total. The van der Waals surface area contributed by atoms with Gasteiger partial charge in [0, 0.05) is 52.5 Å². The number of H-pyrrole nitrogens is 1. The van der Waals surface area contributed by atoms with Gasteiger partial charge in [-0.1, -0.05) is 96.6 Å². The number of aromatic nitrogens is 1. The molecule has 3 nitrogen and oxygen atoms in total. The minimum absolute atomic E-state index is 0.0441. The molecule has 2 heterocycles. The van der Waals surface area contributed by atoms with Gasteiger partial charge in [0.15, 0.2) is 0 Å². The average molecular weight is 469 g/mol. The number of benzene rings is 4. The predicted molar refractivity (Wildman–Crippen MR) is 149 cm³/mol. The van der Waals surface area contributed by atoms with Crippen LogP contribution in [0.2, 0.25) is 0 Å². The van der Waals surface area contributed by atoms with Crippen LogP contribution in [0.15, 0.2) is 120 Å². The Hall–Kier alpha value is -4.37. The molecule has 3 heteroatoms. The number of aromatic amines is 1. The molecule has 4 aromatic carbocycles. The molecular weight excluding hydrogens is 440 g/mol. The lowest BCUT2D eigenvalue weighted by molar-refractivity contribution is 0.489. The molecule has 0 saturated heterocycles. The van der Waals surface area contributed by atoms with E-state index in [1.807, 2.05) is 18.3 Å². The highest BCUT2D eigenvalue weighted by Gasteiger charge is 2.30. The molecule has 36 heavy (non-hydrogen) atoms. The highest BCUT2D eigenvalue weighted by atomic mass is 16.5. The molecule has 1 atom stereocenters. The first-order valence-electron chi connectivity index (χ1n) is 12.5. The smallest absolute Gasteiger partial charge is 0.140 e. The van der Waals surface area contributed by atoms with Gasteiger partial charge in [-0.05, 0) is 36.6 Å². The number of allylic oxidation sites excluding steroid dienone is 1. The molecule has 1 aromatic heterocycles. The number of aryl methyl sites for hydroxylation is 1. The summed E-state index contributed by atoms with van der Waals surface area (Å²) in [7, 11) is 0. The molecule has 1 aliphatic heterocycles. The molecule has 0 aliphatic carbocycles. The maximum absolute atomic E-state index is 6.55. The lowest BCUT2D eigenvalue weighted by atomic mass is 9.81. The summed E-state index contributed by atoms with van der Waals surface area (Å²) in [6.07, 6.45) is 5.02. The SMILES string of the molecule is Cc1ccc([C@H]2C(C=NCCc3c[nH]c4ccccc34)=C(c3ccccc3)Oc3ccccc32)cc1. The Kier molecular flexibility index (Phi) is 5.96. The molecule has 0 amide bonds. The van der Waals surface area contributed by atoms with Crippen molar-refractivity contribution in [3.63, 3.8) is 0 Å². The summed E-state index contributed by atoms with van der Waals surface area (Å²) in [5, 5.41) is 1.27. The van der Waals surface area contributed by atoms with Gasteiger partial charge < -0.3 is 9.72 Å². The molecular formula is C33H28N2O. The molecule has 0 radical (unpaired) electrons. The highest BCUT2D eigenvalue weighted by molar-refractivity contribution is 5.94. The van der Waals surface area contributed by atoms with Gasteiger partial charge in [0.25, 0.3) is 0 Å². The van der Waals surface area contributed by atoms with Crippen molar-refractivity contribution in [3.05, 3.63) is 143 Å². The van der Waals surface area contributed by atoms with Crippen molar-refractivity contribution in [2.75, 3.05) is 6.54 Å². The fourth-order valence-electron chi connectivity index (χ4n) is 5.03. The predicted octanol–water partition coefficient (Wildman–Crippen LogP) is 7.73. The summed E-state index contributed by atoms with van der Waals surface area (Å²) in [5.41, 5.74) is 8.26. The number of hydrogen-bond donors (Lipinski definition) is 1. The number of aliphatic imine (C=N–C) groups is 1. The molecule has 0 saturated carbocycles. The largest absolute Gasteiger partial charge is 0.456 e. The first-order valence-corrected chi connectivity index (χ1v) is 12.5. The van der Waals surface area contributed by atoms with Gasteiger partial charge in [0.2, 0.25) is 0 Å². The van der Waals surface area contributed by atoms with E-state index in [0.717, 1.165) is 29.1 Å². The summed E-state index contributed by atoms with van der Waals surface area (Å²) < 4.78 is 6.55. The lowest BCUT2D eigenvalue weighted by Gasteiger charge is -2.30. The Morgan fingerprint density at radius 2 is 1.58 bits per heavy atom. The summed E-state index contributed by atoms with van der Waals surface area (Å²) >= 11 is 0. The zero-order valence-electron chi connectivity index (χ0n) is 20.3. The monoisotopic (exact) mass is 468 g/mol. The van der Waals surface area contributed by atoms with Crippen LogP contribution in [0, 0.1) is 6.92 Å². The minimum Gasteiger partial charge on any atom is -0.456 e. The van der Waals surface area contributed by atoms with E-state index in [0.29, 0.717) is 6.54 Å². The van der Waals surface area contributed by atoms with Crippen molar-refractivity contribution in [2.24, 2.45) is 4.99 Å². The van der Waals surface area contributed by atoms with Gasteiger partial charge >= 0.3 is 0 Å². The van der Waals surface area contributed by atoms with E-state index in [2.05, 4.69) is 109 Å². The highest BCUT2D eigenvalue weighted by Crippen LogP contribution is 2.45. The van der Waals surface area contributed by atoms with E-state index in [4.69, 9.17) is 9.73 Å². The molecule has 5 aromatic rings. The third-order valence-corrected chi connectivity index (χ3v) is 6.88. The summed E-state index contributed by atoms with van der Waals surface area (Å²) in [4.78, 5) is 8.31. The Balaban J connectivity index is 1.40. The number of fused-ring (bicyclic) bond motifs is 2. The van der Waals surface area contributed by atoms with Crippen LogP contribution in [0.1, 0.15) is 33.7 Å². The van der Waals surface area contributed by atoms with E-state index in [1.165, 1.54) is 33.2 Å². The number of para-hydroxylation sites is 2. The quantitative estimate of drug-likeness (QED) is 0.254. The second-order valence-electron chi connectivity index (χ2n) is 9.28. The van der Waals surface area contributed by atoms with Crippen LogP contribution in [0.3, 0.4) is 0 Å². The summed E-state index contributed by atoms with van der Waals surface area (Å²) in [5.74, 6) is 1.82. The Morgan fingerprint density at radius 1 is 0.833 bits per heavy atom. The van der Waals surface area contributed by atoms with Crippen LogP contribution < -0.4 is 4.74 Å². The minimum atomic E-state index is 0.0441. The van der Waals surface area contributed by atoms with E-state index >= 15 is 0 Å².